The second-order valence-electron chi connectivity index (χ2n) is 6.31. The number of nitrogens with zero attached hydrogens (tertiary/aromatic N) is 3. The highest BCUT2D eigenvalue weighted by atomic mass is 19.1. The van der Waals surface area contributed by atoms with Crippen LogP contribution in [0.4, 0.5) is 4.39 Å². The minimum atomic E-state index is -0.184. The molecule has 4 nitrogen and oxygen atoms in total. The minimum absolute atomic E-state index is 0.184. The average molecular weight is 300 g/mol. The van der Waals surface area contributed by atoms with E-state index in [0.29, 0.717) is 17.8 Å². The molecule has 116 valence electrons. The van der Waals surface area contributed by atoms with Crippen molar-refractivity contribution in [3.63, 3.8) is 0 Å². The molecule has 2 saturated heterocycles. The summed E-state index contributed by atoms with van der Waals surface area (Å²) in [7, 11) is 0. The van der Waals surface area contributed by atoms with E-state index in [1.54, 1.807) is 29.4 Å². The summed E-state index contributed by atoms with van der Waals surface area (Å²) in [5.74, 6) is -0.184. The number of halogens is 1. The maximum atomic E-state index is 14.4. The molecule has 0 amide bonds. The van der Waals surface area contributed by atoms with Gasteiger partial charge in [0.15, 0.2) is 0 Å². The van der Waals surface area contributed by atoms with E-state index < -0.39 is 0 Å². The maximum absolute atomic E-state index is 14.4. The van der Waals surface area contributed by atoms with Crippen molar-refractivity contribution in [2.24, 2.45) is 0 Å². The number of imidazole rings is 1. The fraction of sp³-hybridized carbons (Fsp3) is 0.471. The van der Waals surface area contributed by atoms with Crippen LogP contribution in [-0.2, 0) is 6.54 Å². The number of hydrogen-bond acceptors (Lipinski definition) is 3. The lowest BCUT2D eigenvalue weighted by Gasteiger charge is -2.27. The van der Waals surface area contributed by atoms with Gasteiger partial charge >= 0.3 is 0 Å². The molecule has 1 N–H and O–H groups in total. The quantitative estimate of drug-likeness (QED) is 0.944. The van der Waals surface area contributed by atoms with Crippen molar-refractivity contribution in [2.75, 3.05) is 13.1 Å². The Hall–Kier alpha value is -1.72. The number of nitrogens with one attached hydrogen (secondary N) is 1. The highest BCUT2D eigenvalue weighted by molar-refractivity contribution is 5.36. The van der Waals surface area contributed by atoms with Gasteiger partial charge in [0.05, 0.1) is 12.0 Å². The van der Waals surface area contributed by atoms with Crippen molar-refractivity contribution in [3.8, 4) is 5.69 Å². The van der Waals surface area contributed by atoms with Crippen LogP contribution in [0.2, 0.25) is 0 Å². The van der Waals surface area contributed by atoms with E-state index >= 15 is 0 Å². The predicted molar refractivity (Wildman–Crippen MR) is 83.4 cm³/mol. The fourth-order valence-corrected chi connectivity index (χ4v) is 3.81. The largest absolute Gasteiger partial charge is 0.315 e. The second-order valence-corrected chi connectivity index (χ2v) is 6.31. The topological polar surface area (TPSA) is 33.1 Å². The summed E-state index contributed by atoms with van der Waals surface area (Å²) in [4.78, 5) is 6.54. The molecule has 3 heterocycles. The van der Waals surface area contributed by atoms with Gasteiger partial charge in [0, 0.05) is 37.6 Å². The lowest BCUT2D eigenvalue weighted by atomic mass is 10.1. The Kier molecular flexibility index (Phi) is 3.68. The van der Waals surface area contributed by atoms with Crippen LogP contribution in [0, 0.1) is 5.82 Å². The zero-order valence-corrected chi connectivity index (χ0v) is 12.6. The van der Waals surface area contributed by atoms with Crippen LogP contribution in [0.5, 0.6) is 0 Å². The molecule has 1 aromatic carbocycles. The molecule has 1 aromatic heterocycles. The Balaban J connectivity index is 1.55. The predicted octanol–water partition coefficient (Wildman–Crippen LogP) is 2.34. The lowest BCUT2D eigenvalue weighted by Crippen LogP contribution is -2.37. The van der Waals surface area contributed by atoms with Gasteiger partial charge < -0.3 is 9.88 Å². The van der Waals surface area contributed by atoms with Gasteiger partial charge in [-0.3, -0.25) is 4.90 Å². The molecule has 0 spiro atoms. The van der Waals surface area contributed by atoms with Crippen LogP contribution in [0.25, 0.3) is 5.69 Å². The SMILES string of the molecule is Fc1cc(CN2C3CCNCC2CC3)ccc1-n1ccnc1. The number of benzene rings is 1. The zero-order chi connectivity index (χ0) is 14.9. The molecule has 22 heavy (non-hydrogen) atoms. The first-order valence-electron chi connectivity index (χ1n) is 8.04. The average Bonchev–Trinajstić information content (AvgIpc) is 3.08. The third-order valence-corrected chi connectivity index (χ3v) is 4.97. The van der Waals surface area contributed by atoms with E-state index in [4.69, 9.17) is 0 Å². The number of fused-ring (bicyclic) bond motifs is 2. The number of rotatable bonds is 3. The molecule has 2 aromatic rings. The summed E-state index contributed by atoms with van der Waals surface area (Å²) in [6.45, 7) is 3.01. The van der Waals surface area contributed by atoms with Gasteiger partial charge in [-0.25, -0.2) is 9.37 Å². The molecule has 0 radical (unpaired) electrons. The second kappa shape index (κ2) is 5.82. The van der Waals surface area contributed by atoms with E-state index in [-0.39, 0.29) is 5.82 Å². The highest BCUT2D eigenvalue weighted by Gasteiger charge is 2.34. The van der Waals surface area contributed by atoms with Crippen LogP contribution < -0.4 is 5.32 Å². The molecule has 2 bridgehead atoms. The summed E-state index contributed by atoms with van der Waals surface area (Å²) in [5.41, 5.74) is 1.61. The summed E-state index contributed by atoms with van der Waals surface area (Å²) in [5, 5.41) is 3.51. The molecule has 4 rings (SSSR count). The maximum Gasteiger partial charge on any atom is 0.147 e. The van der Waals surface area contributed by atoms with Crippen LogP contribution in [-0.4, -0.2) is 39.6 Å². The molecule has 2 atom stereocenters. The van der Waals surface area contributed by atoms with Crippen LogP contribution >= 0.6 is 0 Å². The number of aromatic nitrogens is 2. The molecule has 2 unspecified atom stereocenters. The molecule has 2 aliphatic heterocycles. The van der Waals surface area contributed by atoms with Crippen molar-refractivity contribution in [2.45, 2.75) is 37.9 Å². The molecule has 0 aliphatic carbocycles. The van der Waals surface area contributed by atoms with Gasteiger partial charge in [-0.1, -0.05) is 6.07 Å². The third kappa shape index (κ3) is 2.55. The van der Waals surface area contributed by atoms with Gasteiger partial charge in [0.25, 0.3) is 0 Å². The molecular formula is C17H21FN4. The van der Waals surface area contributed by atoms with Crippen LogP contribution in [0.15, 0.2) is 36.9 Å². The van der Waals surface area contributed by atoms with Crippen LogP contribution in [0.3, 0.4) is 0 Å². The Morgan fingerprint density at radius 2 is 2.14 bits per heavy atom. The summed E-state index contributed by atoms with van der Waals surface area (Å²) < 4.78 is 16.1. The van der Waals surface area contributed by atoms with Crippen molar-refractivity contribution in [3.05, 3.63) is 48.3 Å². The standard InChI is InChI=1S/C17H21FN4/c18-16-9-13(1-4-17(16)21-8-7-20-12-21)11-22-14-2-3-15(22)10-19-6-5-14/h1,4,7-9,12,14-15,19H,2-3,5-6,10-11H2. The van der Waals surface area contributed by atoms with E-state index in [9.17, 15) is 4.39 Å². The van der Waals surface area contributed by atoms with Gasteiger partial charge in [0.1, 0.15) is 5.82 Å². The fourth-order valence-electron chi connectivity index (χ4n) is 3.81. The molecular weight excluding hydrogens is 279 g/mol. The molecule has 0 saturated carbocycles. The monoisotopic (exact) mass is 300 g/mol. The first kappa shape index (κ1) is 13.9. The first-order valence-corrected chi connectivity index (χ1v) is 8.04. The number of hydrogen-bond donors (Lipinski definition) is 1. The zero-order valence-electron chi connectivity index (χ0n) is 12.6. The van der Waals surface area contributed by atoms with Gasteiger partial charge in [-0.05, 0) is 43.5 Å². The van der Waals surface area contributed by atoms with E-state index in [2.05, 4.69) is 15.2 Å². The van der Waals surface area contributed by atoms with Crippen LogP contribution in [0.1, 0.15) is 24.8 Å². The Morgan fingerprint density at radius 3 is 2.95 bits per heavy atom. The first-order chi connectivity index (χ1) is 10.8. The van der Waals surface area contributed by atoms with E-state index in [1.807, 2.05) is 12.1 Å². The van der Waals surface area contributed by atoms with Gasteiger partial charge in [-0.15, -0.1) is 0 Å². The molecule has 5 heteroatoms. The van der Waals surface area contributed by atoms with Crippen molar-refractivity contribution in [1.82, 2.24) is 19.8 Å². The summed E-state index contributed by atoms with van der Waals surface area (Å²) in [6.07, 6.45) is 8.79. The van der Waals surface area contributed by atoms with Gasteiger partial charge in [-0.2, -0.15) is 0 Å². The normalized spacial score (nSPS) is 25.3. The lowest BCUT2D eigenvalue weighted by molar-refractivity contribution is 0.193. The smallest absolute Gasteiger partial charge is 0.147 e. The third-order valence-electron chi connectivity index (χ3n) is 4.97. The van der Waals surface area contributed by atoms with Crippen molar-refractivity contribution >= 4 is 0 Å². The minimum Gasteiger partial charge on any atom is -0.315 e. The van der Waals surface area contributed by atoms with Gasteiger partial charge in [0.2, 0.25) is 0 Å². The van der Waals surface area contributed by atoms with Crippen molar-refractivity contribution < 1.29 is 4.39 Å². The Labute approximate surface area is 130 Å². The summed E-state index contributed by atoms with van der Waals surface area (Å²) >= 11 is 0. The van der Waals surface area contributed by atoms with E-state index in [0.717, 1.165) is 25.2 Å². The van der Waals surface area contributed by atoms with E-state index in [1.165, 1.54) is 19.3 Å². The Bertz CT molecular complexity index is 626. The molecule has 2 fully saturated rings. The Morgan fingerprint density at radius 1 is 1.23 bits per heavy atom. The van der Waals surface area contributed by atoms with Crippen molar-refractivity contribution in [1.29, 1.82) is 0 Å². The highest BCUT2D eigenvalue weighted by Crippen LogP contribution is 2.30. The molecule has 2 aliphatic rings. The summed E-state index contributed by atoms with van der Waals surface area (Å²) in [6, 6.07) is 6.81.